The number of sulfonamides is 1. The first-order chi connectivity index (χ1) is 15.4. The van der Waals surface area contributed by atoms with E-state index in [1.165, 1.54) is 16.4 Å². The second kappa shape index (κ2) is 9.73. The molecule has 1 saturated heterocycles. The summed E-state index contributed by atoms with van der Waals surface area (Å²) < 4.78 is 33.3. The zero-order valence-electron chi connectivity index (χ0n) is 17.3. The van der Waals surface area contributed by atoms with Gasteiger partial charge in [-0.15, -0.1) is 0 Å². The standard InChI is InChI=1S/C24H23ClN2O4S/c25-20-11-2-4-13-22(20)31-23-14-5-3-12-21(23)26-24(28)18-9-8-10-19(17-18)32(29,30)27-15-6-1-7-16-27/h2-5,8-14,17H,1,6-7,15-16H2,(H,26,28). The van der Waals surface area contributed by atoms with Crippen molar-refractivity contribution >= 4 is 33.2 Å². The molecule has 3 aromatic carbocycles. The van der Waals surface area contributed by atoms with Crippen LogP contribution in [0.25, 0.3) is 0 Å². The molecule has 0 aliphatic carbocycles. The van der Waals surface area contributed by atoms with Gasteiger partial charge >= 0.3 is 0 Å². The quantitative estimate of drug-likeness (QED) is 0.511. The Bertz CT molecular complexity index is 1220. The summed E-state index contributed by atoms with van der Waals surface area (Å²) in [6.07, 6.45) is 2.73. The van der Waals surface area contributed by atoms with Crippen molar-refractivity contribution in [3.05, 3.63) is 83.4 Å². The zero-order chi connectivity index (χ0) is 22.6. The third-order valence-corrected chi connectivity index (χ3v) is 7.45. The lowest BCUT2D eigenvalue weighted by Gasteiger charge is -2.26. The van der Waals surface area contributed by atoms with E-state index >= 15 is 0 Å². The summed E-state index contributed by atoms with van der Waals surface area (Å²) in [4.78, 5) is 13.1. The first-order valence-corrected chi connectivity index (χ1v) is 12.2. The molecule has 0 aromatic heterocycles. The largest absolute Gasteiger partial charge is 0.454 e. The number of para-hydroxylation sites is 3. The van der Waals surface area contributed by atoms with Crippen molar-refractivity contribution in [2.75, 3.05) is 18.4 Å². The summed E-state index contributed by atoms with van der Waals surface area (Å²) in [5.41, 5.74) is 0.692. The number of amides is 1. The molecule has 1 heterocycles. The van der Waals surface area contributed by atoms with Gasteiger partial charge in [0.15, 0.2) is 5.75 Å². The van der Waals surface area contributed by atoms with Crippen LogP contribution >= 0.6 is 11.6 Å². The van der Waals surface area contributed by atoms with Gasteiger partial charge in [-0.2, -0.15) is 4.31 Å². The maximum absolute atomic E-state index is 13.0. The van der Waals surface area contributed by atoms with Gasteiger partial charge in [0.1, 0.15) is 5.75 Å². The van der Waals surface area contributed by atoms with Crippen LogP contribution in [-0.2, 0) is 10.0 Å². The van der Waals surface area contributed by atoms with Gasteiger partial charge in [-0.05, 0) is 55.3 Å². The number of hydrogen-bond donors (Lipinski definition) is 1. The second-order valence-corrected chi connectivity index (χ2v) is 9.82. The lowest BCUT2D eigenvalue weighted by Crippen LogP contribution is -2.35. The Morgan fingerprint density at radius 2 is 1.56 bits per heavy atom. The highest BCUT2D eigenvalue weighted by Gasteiger charge is 2.26. The number of carbonyl (C=O) groups is 1. The van der Waals surface area contributed by atoms with Crippen LogP contribution in [0.5, 0.6) is 11.5 Å². The molecule has 3 aromatic rings. The van der Waals surface area contributed by atoms with Gasteiger partial charge < -0.3 is 10.1 Å². The summed E-state index contributed by atoms with van der Waals surface area (Å²) >= 11 is 6.18. The van der Waals surface area contributed by atoms with Crippen molar-refractivity contribution in [2.24, 2.45) is 0 Å². The monoisotopic (exact) mass is 470 g/mol. The molecule has 6 nitrogen and oxygen atoms in total. The number of benzene rings is 3. The highest BCUT2D eigenvalue weighted by atomic mass is 35.5. The molecule has 1 aliphatic rings. The molecule has 0 radical (unpaired) electrons. The number of carbonyl (C=O) groups excluding carboxylic acids is 1. The van der Waals surface area contributed by atoms with Crippen LogP contribution in [0.4, 0.5) is 5.69 Å². The molecular formula is C24H23ClN2O4S. The molecular weight excluding hydrogens is 448 g/mol. The summed E-state index contributed by atoms with van der Waals surface area (Å²) in [5, 5.41) is 3.26. The number of nitrogens with one attached hydrogen (secondary N) is 1. The van der Waals surface area contributed by atoms with Crippen LogP contribution in [0, 0.1) is 0 Å². The van der Waals surface area contributed by atoms with Crippen molar-refractivity contribution in [1.82, 2.24) is 4.31 Å². The van der Waals surface area contributed by atoms with Crippen LogP contribution in [0.15, 0.2) is 77.7 Å². The van der Waals surface area contributed by atoms with E-state index in [4.69, 9.17) is 16.3 Å². The molecule has 1 N–H and O–H groups in total. The van der Waals surface area contributed by atoms with E-state index in [9.17, 15) is 13.2 Å². The molecule has 0 unspecified atom stereocenters. The van der Waals surface area contributed by atoms with E-state index < -0.39 is 15.9 Å². The average molecular weight is 471 g/mol. The van der Waals surface area contributed by atoms with Crippen LogP contribution < -0.4 is 10.1 Å². The third kappa shape index (κ3) is 4.96. The molecule has 32 heavy (non-hydrogen) atoms. The van der Waals surface area contributed by atoms with E-state index in [1.807, 2.05) is 0 Å². The lowest BCUT2D eigenvalue weighted by molar-refractivity contribution is 0.102. The Labute approximate surface area is 192 Å². The Morgan fingerprint density at radius 3 is 2.31 bits per heavy atom. The predicted molar refractivity (Wildman–Crippen MR) is 125 cm³/mol. The molecule has 0 atom stereocenters. The molecule has 1 aliphatic heterocycles. The molecule has 8 heteroatoms. The van der Waals surface area contributed by atoms with Gasteiger partial charge in [0, 0.05) is 18.7 Å². The number of piperidine rings is 1. The summed E-state index contributed by atoms with van der Waals surface area (Å²) in [6.45, 7) is 1.01. The van der Waals surface area contributed by atoms with Crippen molar-refractivity contribution in [3.63, 3.8) is 0 Å². The first kappa shape index (κ1) is 22.3. The second-order valence-electron chi connectivity index (χ2n) is 7.48. The van der Waals surface area contributed by atoms with Crippen LogP contribution in [0.3, 0.4) is 0 Å². The fourth-order valence-corrected chi connectivity index (χ4v) is 5.29. The Kier molecular flexibility index (Phi) is 6.79. The average Bonchev–Trinajstić information content (AvgIpc) is 2.82. The van der Waals surface area contributed by atoms with Crippen molar-refractivity contribution in [1.29, 1.82) is 0 Å². The number of hydrogen-bond acceptors (Lipinski definition) is 4. The number of nitrogens with zero attached hydrogens (tertiary/aromatic N) is 1. The normalized spacial score (nSPS) is 14.7. The van der Waals surface area contributed by atoms with Crippen LogP contribution in [-0.4, -0.2) is 31.7 Å². The van der Waals surface area contributed by atoms with E-state index in [2.05, 4.69) is 5.32 Å². The topological polar surface area (TPSA) is 75.7 Å². The minimum absolute atomic E-state index is 0.118. The maximum Gasteiger partial charge on any atom is 0.255 e. The van der Waals surface area contributed by atoms with Crippen LogP contribution in [0.1, 0.15) is 29.6 Å². The Morgan fingerprint density at radius 1 is 0.875 bits per heavy atom. The number of anilines is 1. The van der Waals surface area contributed by atoms with Gasteiger partial charge in [0.25, 0.3) is 5.91 Å². The minimum atomic E-state index is -3.63. The SMILES string of the molecule is O=C(Nc1ccccc1Oc1ccccc1Cl)c1cccc(S(=O)(=O)N2CCCCC2)c1. The summed E-state index contributed by atoms with van der Waals surface area (Å²) in [5.74, 6) is 0.451. The molecule has 4 rings (SSSR count). The number of rotatable bonds is 6. The van der Waals surface area contributed by atoms with Crippen molar-refractivity contribution < 1.29 is 17.9 Å². The van der Waals surface area contributed by atoms with Gasteiger partial charge in [-0.3, -0.25) is 4.79 Å². The molecule has 1 amide bonds. The molecule has 166 valence electrons. The van der Waals surface area contributed by atoms with Crippen molar-refractivity contribution in [3.8, 4) is 11.5 Å². The molecule has 0 saturated carbocycles. The van der Waals surface area contributed by atoms with E-state index in [-0.39, 0.29) is 10.5 Å². The van der Waals surface area contributed by atoms with E-state index in [0.717, 1.165) is 19.3 Å². The third-order valence-electron chi connectivity index (χ3n) is 5.24. The van der Waals surface area contributed by atoms with Gasteiger partial charge in [-0.1, -0.05) is 48.4 Å². The molecule has 1 fully saturated rings. The number of ether oxygens (including phenoxy) is 1. The summed E-state index contributed by atoms with van der Waals surface area (Å²) in [6, 6.07) is 20.1. The van der Waals surface area contributed by atoms with Crippen LogP contribution in [0.2, 0.25) is 5.02 Å². The highest BCUT2D eigenvalue weighted by Crippen LogP contribution is 2.33. The fourth-order valence-electron chi connectivity index (χ4n) is 3.55. The zero-order valence-corrected chi connectivity index (χ0v) is 18.9. The maximum atomic E-state index is 13.0. The smallest absolute Gasteiger partial charge is 0.255 e. The predicted octanol–water partition coefficient (Wildman–Crippen LogP) is 5.56. The van der Waals surface area contributed by atoms with E-state index in [0.29, 0.717) is 35.3 Å². The van der Waals surface area contributed by atoms with Gasteiger partial charge in [-0.25, -0.2) is 8.42 Å². The lowest BCUT2D eigenvalue weighted by atomic mass is 10.2. The molecule has 0 bridgehead atoms. The highest BCUT2D eigenvalue weighted by molar-refractivity contribution is 7.89. The number of halogens is 1. The fraction of sp³-hybridized carbons (Fsp3) is 0.208. The first-order valence-electron chi connectivity index (χ1n) is 10.4. The minimum Gasteiger partial charge on any atom is -0.454 e. The van der Waals surface area contributed by atoms with Gasteiger partial charge in [0.2, 0.25) is 10.0 Å². The van der Waals surface area contributed by atoms with Gasteiger partial charge in [0.05, 0.1) is 15.6 Å². The Hall–Kier alpha value is -2.87. The van der Waals surface area contributed by atoms with E-state index in [1.54, 1.807) is 60.7 Å². The summed E-state index contributed by atoms with van der Waals surface area (Å²) in [7, 11) is -3.63. The Balaban J connectivity index is 1.55. The van der Waals surface area contributed by atoms with Crippen molar-refractivity contribution in [2.45, 2.75) is 24.2 Å². The molecule has 0 spiro atoms.